The Morgan fingerprint density at radius 3 is 2.00 bits per heavy atom. The lowest BCUT2D eigenvalue weighted by Crippen LogP contribution is -2.19. The molecule has 1 aromatic carbocycles. The molecular weight excluding hydrogens is 233 g/mol. The summed E-state index contributed by atoms with van der Waals surface area (Å²) < 4.78 is 53.4. The molecular formula is C11H4BF4N. The second-order valence-electron chi connectivity index (χ2n) is 3.29. The zero-order chi connectivity index (χ0) is 12.6. The Bertz CT molecular complexity index is 542. The Labute approximate surface area is 95.5 Å². The number of rotatable bonds is 1. The van der Waals surface area contributed by atoms with Gasteiger partial charge in [-0.05, 0) is 11.5 Å². The van der Waals surface area contributed by atoms with E-state index in [2.05, 4.69) is 4.98 Å². The number of nitrogens with zero attached hydrogens (tertiary/aromatic N) is 1. The number of pyridine rings is 1. The van der Waals surface area contributed by atoms with E-state index in [1.165, 1.54) is 18.3 Å². The van der Waals surface area contributed by atoms with Crippen LogP contribution in [-0.2, 0) is 0 Å². The standard InChI is InChI=1S/C11H4BF4N/c12-7-10(15)8(13)6(9(14)11(7)16)5-2-1-3-17-4-5/h1-4H. The van der Waals surface area contributed by atoms with Crippen molar-refractivity contribution in [1.82, 2.24) is 4.98 Å². The molecule has 0 bridgehead atoms. The zero-order valence-corrected chi connectivity index (χ0v) is 8.35. The first-order valence-corrected chi connectivity index (χ1v) is 4.56. The molecule has 0 saturated heterocycles. The van der Waals surface area contributed by atoms with Crippen LogP contribution in [0.15, 0.2) is 24.5 Å². The van der Waals surface area contributed by atoms with Gasteiger partial charge in [-0.2, -0.15) is 0 Å². The fourth-order valence-corrected chi connectivity index (χ4v) is 1.41. The maximum Gasteiger partial charge on any atom is 0.169 e. The molecule has 2 radical (unpaired) electrons. The van der Waals surface area contributed by atoms with E-state index in [0.29, 0.717) is 0 Å². The van der Waals surface area contributed by atoms with E-state index in [1.54, 1.807) is 0 Å². The Morgan fingerprint density at radius 2 is 1.53 bits per heavy atom. The number of halogens is 4. The van der Waals surface area contributed by atoms with Crippen LogP contribution >= 0.6 is 0 Å². The van der Waals surface area contributed by atoms with Crippen LogP contribution in [-0.4, -0.2) is 12.8 Å². The third-order valence-corrected chi connectivity index (χ3v) is 2.25. The van der Waals surface area contributed by atoms with Gasteiger partial charge in [0.2, 0.25) is 0 Å². The molecule has 6 heteroatoms. The summed E-state index contributed by atoms with van der Waals surface area (Å²) in [5.74, 6) is -6.28. The van der Waals surface area contributed by atoms with Crippen molar-refractivity contribution in [2.75, 3.05) is 0 Å². The maximum absolute atomic E-state index is 13.5. The molecule has 84 valence electrons. The third-order valence-electron chi connectivity index (χ3n) is 2.25. The van der Waals surface area contributed by atoms with Crippen molar-refractivity contribution in [3.8, 4) is 11.1 Å². The van der Waals surface area contributed by atoms with E-state index in [4.69, 9.17) is 7.85 Å². The highest BCUT2D eigenvalue weighted by Gasteiger charge is 2.23. The smallest absolute Gasteiger partial charge is 0.169 e. The van der Waals surface area contributed by atoms with Crippen molar-refractivity contribution in [3.63, 3.8) is 0 Å². The monoisotopic (exact) mass is 237 g/mol. The van der Waals surface area contributed by atoms with Gasteiger partial charge in [0.05, 0.1) is 5.56 Å². The van der Waals surface area contributed by atoms with E-state index in [-0.39, 0.29) is 5.56 Å². The normalized spacial score (nSPS) is 10.6. The molecule has 1 aromatic heterocycles. The molecule has 0 spiro atoms. The molecule has 2 rings (SSSR count). The highest BCUT2D eigenvalue weighted by atomic mass is 19.2. The van der Waals surface area contributed by atoms with Gasteiger partial charge in [0.1, 0.15) is 7.85 Å². The minimum atomic E-state index is -1.61. The predicted octanol–water partition coefficient (Wildman–Crippen LogP) is 2.10. The second-order valence-corrected chi connectivity index (χ2v) is 3.29. The lowest BCUT2D eigenvalue weighted by atomic mass is 9.91. The molecule has 2 aromatic rings. The molecule has 17 heavy (non-hydrogen) atoms. The van der Waals surface area contributed by atoms with E-state index in [1.807, 2.05) is 0 Å². The molecule has 0 amide bonds. The SMILES string of the molecule is [B]c1c(F)c(F)c(-c2cccnc2)c(F)c1F. The molecule has 0 aliphatic heterocycles. The topological polar surface area (TPSA) is 12.9 Å². The fraction of sp³-hybridized carbons (Fsp3) is 0. The Balaban J connectivity index is 2.80. The van der Waals surface area contributed by atoms with Gasteiger partial charge >= 0.3 is 0 Å². The van der Waals surface area contributed by atoms with E-state index in [0.717, 1.165) is 6.20 Å². The Morgan fingerprint density at radius 1 is 0.941 bits per heavy atom. The van der Waals surface area contributed by atoms with Gasteiger partial charge in [0.25, 0.3) is 0 Å². The summed E-state index contributed by atoms with van der Waals surface area (Å²) in [5, 5.41) is 0. The number of benzene rings is 1. The number of aromatic nitrogens is 1. The van der Waals surface area contributed by atoms with Crippen molar-refractivity contribution in [2.45, 2.75) is 0 Å². The van der Waals surface area contributed by atoms with Crippen LogP contribution in [0.4, 0.5) is 17.6 Å². The first-order chi connectivity index (χ1) is 8.04. The van der Waals surface area contributed by atoms with Gasteiger partial charge in [-0.1, -0.05) is 6.07 Å². The van der Waals surface area contributed by atoms with Crippen molar-refractivity contribution in [1.29, 1.82) is 0 Å². The van der Waals surface area contributed by atoms with Crippen LogP contribution in [0.1, 0.15) is 0 Å². The van der Waals surface area contributed by atoms with Crippen molar-refractivity contribution in [3.05, 3.63) is 47.8 Å². The maximum atomic E-state index is 13.5. The van der Waals surface area contributed by atoms with Crippen LogP contribution in [0.3, 0.4) is 0 Å². The van der Waals surface area contributed by atoms with Gasteiger partial charge in [0, 0.05) is 18.0 Å². The predicted molar refractivity (Wildman–Crippen MR) is 54.9 cm³/mol. The lowest BCUT2D eigenvalue weighted by Gasteiger charge is -2.09. The Kier molecular flexibility index (Phi) is 2.87. The summed E-state index contributed by atoms with van der Waals surface area (Å²) in [7, 11) is 4.88. The lowest BCUT2D eigenvalue weighted by molar-refractivity contribution is 0.468. The second kappa shape index (κ2) is 4.20. The van der Waals surface area contributed by atoms with Crippen molar-refractivity contribution >= 4 is 13.3 Å². The van der Waals surface area contributed by atoms with Crippen molar-refractivity contribution < 1.29 is 17.6 Å². The molecule has 0 fully saturated rings. The van der Waals surface area contributed by atoms with Gasteiger partial charge in [-0.15, -0.1) is 0 Å². The molecule has 1 nitrogen and oxygen atoms in total. The van der Waals surface area contributed by atoms with Gasteiger partial charge in [0.15, 0.2) is 23.3 Å². The summed E-state index contributed by atoms with van der Waals surface area (Å²) in [6, 6.07) is 2.67. The molecule has 0 unspecified atom stereocenters. The summed E-state index contributed by atoms with van der Waals surface area (Å²) in [6.45, 7) is 0. The quantitative estimate of drug-likeness (QED) is 0.420. The van der Waals surface area contributed by atoms with Gasteiger partial charge < -0.3 is 0 Å². The third kappa shape index (κ3) is 1.79. The Hall–Kier alpha value is -1.85. The molecule has 1 heterocycles. The van der Waals surface area contributed by atoms with Crippen LogP contribution in [0.5, 0.6) is 0 Å². The minimum absolute atomic E-state index is 0.0692. The summed E-state index contributed by atoms with van der Waals surface area (Å²) in [5.41, 5.74) is -2.06. The minimum Gasteiger partial charge on any atom is -0.264 e. The van der Waals surface area contributed by atoms with E-state index < -0.39 is 34.3 Å². The average Bonchev–Trinajstić information content (AvgIpc) is 2.36. The van der Waals surface area contributed by atoms with Gasteiger partial charge in [-0.3, -0.25) is 4.98 Å². The zero-order valence-electron chi connectivity index (χ0n) is 8.35. The summed E-state index contributed by atoms with van der Waals surface area (Å²) >= 11 is 0. The summed E-state index contributed by atoms with van der Waals surface area (Å²) in [4.78, 5) is 3.62. The van der Waals surface area contributed by atoms with Crippen LogP contribution < -0.4 is 5.46 Å². The fourth-order valence-electron chi connectivity index (χ4n) is 1.41. The highest BCUT2D eigenvalue weighted by molar-refractivity contribution is 6.32. The molecule has 0 aliphatic carbocycles. The first kappa shape index (κ1) is 11.6. The summed E-state index contributed by atoms with van der Waals surface area (Å²) in [6.07, 6.45) is 2.46. The van der Waals surface area contributed by atoms with Crippen LogP contribution in [0.2, 0.25) is 0 Å². The molecule has 0 atom stereocenters. The van der Waals surface area contributed by atoms with Gasteiger partial charge in [-0.25, -0.2) is 17.6 Å². The number of hydrogen-bond acceptors (Lipinski definition) is 1. The number of hydrogen-bond donors (Lipinski definition) is 0. The average molecular weight is 237 g/mol. The van der Waals surface area contributed by atoms with E-state index >= 15 is 0 Å². The molecule has 0 aliphatic rings. The highest BCUT2D eigenvalue weighted by Crippen LogP contribution is 2.27. The van der Waals surface area contributed by atoms with Crippen molar-refractivity contribution in [2.24, 2.45) is 0 Å². The van der Waals surface area contributed by atoms with Crippen LogP contribution in [0, 0.1) is 23.3 Å². The largest absolute Gasteiger partial charge is 0.264 e. The van der Waals surface area contributed by atoms with E-state index in [9.17, 15) is 17.6 Å². The molecule has 0 saturated carbocycles. The molecule has 0 N–H and O–H groups in total. The first-order valence-electron chi connectivity index (χ1n) is 4.56. The van der Waals surface area contributed by atoms with Crippen LogP contribution in [0.25, 0.3) is 11.1 Å².